The maximum absolute atomic E-state index is 14.1. The van der Waals surface area contributed by atoms with Crippen LogP contribution in [0.4, 0.5) is 8.78 Å². The minimum atomic E-state index is -0.643. The van der Waals surface area contributed by atoms with Crippen molar-refractivity contribution in [2.45, 2.75) is 18.8 Å². The van der Waals surface area contributed by atoms with Crippen LogP contribution in [0, 0.1) is 11.6 Å². The Bertz CT molecular complexity index is 987. The molecule has 0 bridgehead atoms. The van der Waals surface area contributed by atoms with Crippen molar-refractivity contribution in [2.75, 3.05) is 13.1 Å². The maximum atomic E-state index is 14.1. The number of rotatable bonds is 3. The van der Waals surface area contributed by atoms with Crippen LogP contribution in [0.2, 0.25) is 5.02 Å². The van der Waals surface area contributed by atoms with Crippen molar-refractivity contribution >= 4 is 17.5 Å². The van der Waals surface area contributed by atoms with Gasteiger partial charge in [0.15, 0.2) is 0 Å². The minimum Gasteiger partial charge on any atom is -0.420 e. The van der Waals surface area contributed by atoms with Crippen LogP contribution < -0.4 is 0 Å². The molecular weight excluding hydrogens is 388 g/mol. The van der Waals surface area contributed by atoms with E-state index in [4.69, 9.17) is 16.0 Å². The van der Waals surface area contributed by atoms with Crippen LogP contribution in [0.25, 0.3) is 11.5 Å². The highest BCUT2D eigenvalue weighted by atomic mass is 35.5. The predicted molar refractivity (Wildman–Crippen MR) is 99.0 cm³/mol. The fraction of sp³-hybridized carbons (Fsp3) is 0.250. The Morgan fingerprint density at radius 2 is 1.93 bits per heavy atom. The van der Waals surface area contributed by atoms with E-state index in [2.05, 4.69) is 10.2 Å². The van der Waals surface area contributed by atoms with Crippen LogP contribution in [-0.2, 0) is 0 Å². The normalized spacial score (nSPS) is 17.0. The lowest BCUT2D eigenvalue weighted by Gasteiger charge is -2.31. The summed E-state index contributed by atoms with van der Waals surface area (Å²) in [5.74, 6) is -0.921. The zero-order chi connectivity index (χ0) is 19.7. The van der Waals surface area contributed by atoms with Gasteiger partial charge in [-0.1, -0.05) is 17.7 Å². The Labute approximate surface area is 164 Å². The first-order valence-electron chi connectivity index (χ1n) is 8.85. The van der Waals surface area contributed by atoms with Gasteiger partial charge in [0.1, 0.15) is 11.6 Å². The molecule has 2 heterocycles. The summed E-state index contributed by atoms with van der Waals surface area (Å²) in [6, 6.07) is 9.92. The van der Waals surface area contributed by atoms with Crippen LogP contribution in [0.5, 0.6) is 0 Å². The van der Waals surface area contributed by atoms with Crippen molar-refractivity contribution in [3.8, 4) is 11.5 Å². The topological polar surface area (TPSA) is 59.2 Å². The molecule has 1 saturated heterocycles. The van der Waals surface area contributed by atoms with Crippen molar-refractivity contribution in [1.82, 2.24) is 15.1 Å². The Balaban J connectivity index is 1.53. The Kier molecular flexibility index (Phi) is 5.09. The molecule has 0 radical (unpaired) electrons. The molecule has 8 heteroatoms. The molecule has 0 spiro atoms. The Morgan fingerprint density at radius 3 is 2.68 bits per heavy atom. The third-order valence-electron chi connectivity index (χ3n) is 4.77. The van der Waals surface area contributed by atoms with E-state index >= 15 is 0 Å². The second-order valence-corrected chi connectivity index (χ2v) is 7.05. The second kappa shape index (κ2) is 7.67. The van der Waals surface area contributed by atoms with E-state index in [1.165, 1.54) is 30.3 Å². The largest absolute Gasteiger partial charge is 0.420 e. The number of benzene rings is 2. The van der Waals surface area contributed by atoms with E-state index in [-0.39, 0.29) is 28.2 Å². The SMILES string of the molecule is O=C(c1c(F)cccc1Cl)N1CCCC(c2nnc(-c3ccc(F)cc3)o2)C1. The molecule has 1 fully saturated rings. The first kappa shape index (κ1) is 18.6. The van der Waals surface area contributed by atoms with Gasteiger partial charge in [-0.25, -0.2) is 8.78 Å². The van der Waals surface area contributed by atoms with Crippen LogP contribution >= 0.6 is 11.6 Å². The second-order valence-electron chi connectivity index (χ2n) is 6.64. The summed E-state index contributed by atoms with van der Waals surface area (Å²) in [5.41, 5.74) is 0.490. The van der Waals surface area contributed by atoms with Gasteiger partial charge in [-0.05, 0) is 49.2 Å². The highest BCUT2D eigenvalue weighted by Gasteiger charge is 2.31. The predicted octanol–water partition coefficient (Wildman–Crippen LogP) is 4.69. The molecule has 1 amide bonds. The first-order chi connectivity index (χ1) is 13.5. The summed E-state index contributed by atoms with van der Waals surface area (Å²) in [6.45, 7) is 0.827. The number of hydrogen-bond acceptors (Lipinski definition) is 4. The van der Waals surface area contributed by atoms with E-state index in [0.29, 0.717) is 24.5 Å². The maximum Gasteiger partial charge on any atom is 0.258 e. The number of piperidine rings is 1. The monoisotopic (exact) mass is 403 g/mol. The third kappa shape index (κ3) is 3.62. The van der Waals surface area contributed by atoms with Crippen LogP contribution in [0.3, 0.4) is 0 Å². The average molecular weight is 404 g/mol. The molecule has 2 aromatic carbocycles. The highest BCUT2D eigenvalue weighted by molar-refractivity contribution is 6.33. The molecule has 4 rings (SSSR count). The molecule has 144 valence electrons. The van der Waals surface area contributed by atoms with Gasteiger partial charge >= 0.3 is 0 Å². The summed E-state index contributed by atoms with van der Waals surface area (Å²) in [5, 5.41) is 8.20. The molecule has 1 aliphatic rings. The zero-order valence-corrected chi connectivity index (χ0v) is 15.5. The van der Waals surface area contributed by atoms with E-state index < -0.39 is 11.7 Å². The van der Waals surface area contributed by atoms with Crippen molar-refractivity contribution in [3.63, 3.8) is 0 Å². The third-order valence-corrected chi connectivity index (χ3v) is 5.08. The fourth-order valence-electron chi connectivity index (χ4n) is 3.33. The lowest BCUT2D eigenvalue weighted by atomic mass is 9.97. The van der Waals surface area contributed by atoms with Crippen LogP contribution in [-0.4, -0.2) is 34.1 Å². The molecule has 0 aliphatic carbocycles. The number of amides is 1. The van der Waals surface area contributed by atoms with Crippen LogP contribution in [0.1, 0.15) is 35.0 Å². The van der Waals surface area contributed by atoms with Gasteiger partial charge in [0.05, 0.1) is 16.5 Å². The number of hydrogen-bond donors (Lipinski definition) is 0. The average Bonchev–Trinajstić information content (AvgIpc) is 3.19. The lowest BCUT2D eigenvalue weighted by Crippen LogP contribution is -2.39. The molecule has 1 aliphatic heterocycles. The van der Waals surface area contributed by atoms with Gasteiger partial charge in [0.25, 0.3) is 5.91 Å². The number of carbonyl (C=O) groups excluding carboxylic acids is 1. The van der Waals surface area contributed by atoms with Gasteiger partial charge in [0.2, 0.25) is 11.8 Å². The van der Waals surface area contributed by atoms with E-state index in [0.717, 1.165) is 12.8 Å². The summed E-state index contributed by atoms with van der Waals surface area (Å²) in [7, 11) is 0. The first-order valence-corrected chi connectivity index (χ1v) is 9.23. The molecule has 3 aromatic rings. The summed E-state index contributed by atoms with van der Waals surface area (Å²) in [6.07, 6.45) is 1.48. The summed E-state index contributed by atoms with van der Waals surface area (Å²) in [4.78, 5) is 14.3. The van der Waals surface area contributed by atoms with Gasteiger partial charge in [-0.2, -0.15) is 0 Å². The molecular formula is C20H16ClF2N3O2. The van der Waals surface area contributed by atoms with Gasteiger partial charge in [0, 0.05) is 18.7 Å². The molecule has 1 aromatic heterocycles. The van der Waals surface area contributed by atoms with Crippen molar-refractivity contribution in [2.24, 2.45) is 0 Å². The number of nitrogens with zero attached hydrogens (tertiary/aromatic N) is 3. The van der Waals surface area contributed by atoms with Crippen LogP contribution in [0.15, 0.2) is 46.9 Å². The minimum absolute atomic E-state index is 0.0866. The number of likely N-dealkylation sites (tertiary alicyclic amines) is 1. The molecule has 28 heavy (non-hydrogen) atoms. The number of carbonyl (C=O) groups is 1. The quantitative estimate of drug-likeness (QED) is 0.636. The fourth-order valence-corrected chi connectivity index (χ4v) is 3.58. The standard InChI is InChI=1S/C20H16ClF2N3O2/c21-15-4-1-5-16(23)17(15)20(27)26-10-2-3-13(11-26)19-25-24-18(28-19)12-6-8-14(22)9-7-12/h1,4-9,13H,2-3,10-11H2. The lowest BCUT2D eigenvalue weighted by molar-refractivity contribution is 0.0694. The van der Waals surface area contributed by atoms with E-state index in [1.54, 1.807) is 17.0 Å². The summed E-state index contributed by atoms with van der Waals surface area (Å²) >= 11 is 6.02. The number of aromatic nitrogens is 2. The molecule has 1 unspecified atom stereocenters. The van der Waals surface area contributed by atoms with Crippen molar-refractivity contribution < 1.29 is 18.0 Å². The van der Waals surface area contributed by atoms with E-state index in [1.807, 2.05) is 0 Å². The van der Waals surface area contributed by atoms with Crippen molar-refractivity contribution in [1.29, 1.82) is 0 Å². The summed E-state index contributed by atoms with van der Waals surface area (Å²) < 4.78 is 32.9. The molecule has 5 nitrogen and oxygen atoms in total. The van der Waals surface area contributed by atoms with Gasteiger partial charge in [-0.15, -0.1) is 10.2 Å². The van der Waals surface area contributed by atoms with Gasteiger partial charge < -0.3 is 9.32 Å². The highest BCUT2D eigenvalue weighted by Crippen LogP contribution is 2.30. The Hall–Kier alpha value is -2.80. The zero-order valence-electron chi connectivity index (χ0n) is 14.7. The molecule has 0 saturated carbocycles. The number of halogens is 3. The van der Waals surface area contributed by atoms with Crippen molar-refractivity contribution in [3.05, 3.63) is 70.6 Å². The Morgan fingerprint density at radius 1 is 1.14 bits per heavy atom. The molecule has 1 atom stereocenters. The smallest absolute Gasteiger partial charge is 0.258 e. The van der Waals surface area contributed by atoms with E-state index in [9.17, 15) is 13.6 Å². The molecule has 0 N–H and O–H groups in total. The van der Waals surface area contributed by atoms with Gasteiger partial charge in [-0.3, -0.25) is 4.79 Å².